The lowest BCUT2D eigenvalue weighted by Gasteiger charge is -2.42. The molecule has 0 bridgehead atoms. The zero-order chi connectivity index (χ0) is 14.6. The van der Waals surface area contributed by atoms with Crippen molar-refractivity contribution >= 4 is 15.9 Å². The van der Waals surface area contributed by atoms with Crippen LogP contribution in [-0.2, 0) is 11.2 Å². The minimum Gasteiger partial charge on any atom is -0.390 e. The summed E-state index contributed by atoms with van der Waals surface area (Å²) in [4.78, 5) is 4.36. The van der Waals surface area contributed by atoms with E-state index in [-0.39, 0.29) is 5.60 Å². The quantitative estimate of drug-likeness (QED) is 0.887. The van der Waals surface area contributed by atoms with E-state index in [9.17, 15) is 5.11 Å². The molecule has 1 heterocycles. The zero-order valence-electron chi connectivity index (χ0n) is 12.3. The van der Waals surface area contributed by atoms with Gasteiger partial charge in [0, 0.05) is 29.4 Å². The van der Waals surface area contributed by atoms with E-state index in [0.29, 0.717) is 13.0 Å². The van der Waals surface area contributed by atoms with Gasteiger partial charge in [-0.05, 0) is 66.6 Å². The Morgan fingerprint density at radius 2 is 2.15 bits per heavy atom. The third-order valence-electron chi connectivity index (χ3n) is 4.35. The van der Waals surface area contributed by atoms with Crippen molar-refractivity contribution in [1.82, 2.24) is 4.98 Å². The molecule has 1 aromatic rings. The van der Waals surface area contributed by atoms with Crippen LogP contribution in [0.1, 0.15) is 45.2 Å². The molecule has 0 radical (unpaired) electrons. The van der Waals surface area contributed by atoms with Crippen molar-refractivity contribution in [2.45, 2.75) is 57.7 Å². The zero-order valence-corrected chi connectivity index (χ0v) is 13.9. The van der Waals surface area contributed by atoms with Crippen molar-refractivity contribution in [2.24, 2.45) is 5.92 Å². The smallest absolute Gasteiger partial charge is 0.0944 e. The molecule has 0 aromatic carbocycles. The SMILES string of the molecule is CCOC1(C(O)Cc2ccc(Br)cn2)CCC(C)CC1. The molecule has 1 aromatic heterocycles. The van der Waals surface area contributed by atoms with Gasteiger partial charge < -0.3 is 9.84 Å². The standard InChI is InChI=1S/C16H24BrNO2/c1-3-20-16(8-6-12(2)7-9-16)15(19)10-14-5-4-13(17)11-18-14/h4-5,11-12,15,19H,3,6-10H2,1-2H3. The number of nitrogens with zero attached hydrogens (tertiary/aromatic N) is 1. The third-order valence-corrected chi connectivity index (χ3v) is 4.82. The number of aliphatic hydroxyl groups is 1. The molecule has 0 amide bonds. The minimum atomic E-state index is -0.483. The molecule has 112 valence electrons. The molecule has 1 unspecified atom stereocenters. The number of aromatic nitrogens is 1. The van der Waals surface area contributed by atoms with E-state index in [2.05, 4.69) is 27.8 Å². The van der Waals surface area contributed by atoms with Crippen LogP contribution in [0.4, 0.5) is 0 Å². The van der Waals surface area contributed by atoms with Gasteiger partial charge in [0.1, 0.15) is 0 Å². The Kier molecular flexibility index (Phi) is 5.58. The molecule has 3 nitrogen and oxygen atoms in total. The molecule has 0 spiro atoms. The monoisotopic (exact) mass is 341 g/mol. The fraction of sp³-hybridized carbons (Fsp3) is 0.688. The molecule has 1 N–H and O–H groups in total. The Labute approximate surface area is 129 Å². The molecule has 1 fully saturated rings. The van der Waals surface area contributed by atoms with Crippen LogP contribution in [0.3, 0.4) is 0 Å². The van der Waals surface area contributed by atoms with Gasteiger partial charge in [-0.1, -0.05) is 6.92 Å². The van der Waals surface area contributed by atoms with E-state index in [1.807, 2.05) is 19.1 Å². The molecule has 0 aliphatic heterocycles. The molecule has 20 heavy (non-hydrogen) atoms. The number of ether oxygens (including phenoxy) is 1. The van der Waals surface area contributed by atoms with Gasteiger partial charge in [-0.15, -0.1) is 0 Å². The summed E-state index contributed by atoms with van der Waals surface area (Å²) in [5.41, 5.74) is 0.536. The van der Waals surface area contributed by atoms with Gasteiger partial charge in [-0.2, -0.15) is 0 Å². The first-order valence-corrected chi connectivity index (χ1v) is 8.27. The van der Waals surface area contributed by atoms with Gasteiger partial charge in [0.25, 0.3) is 0 Å². The Hall–Kier alpha value is -0.450. The Bertz CT molecular complexity index is 413. The van der Waals surface area contributed by atoms with E-state index < -0.39 is 6.10 Å². The van der Waals surface area contributed by atoms with Crippen LogP contribution in [0.2, 0.25) is 0 Å². The van der Waals surface area contributed by atoms with E-state index in [4.69, 9.17) is 4.74 Å². The number of hydrogen-bond acceptors (Lipinski definition) is 3. The third kappa shape index (κ3) is 3.80. The van der Waals surface area contributed by atoms with Gasteiger partial charge in [-0.3, -0.25) is 4.98 Å². The van der Waals surface area contributed by atoms with E-state index >= 15 is 0 Å². The largest absolute Gasteiger partial charge is 0.390 e. The summed E-state index contributed by atoms with van der Waals surface area (Å²) in [5.74, 6) is 0.738. The highest BCUT2D eigenvalue weighted by atomic mass is 79.9. The first kappa shape index (κ1) is 15.9. The van der Waals surface area contributed by atoms with Crippen molar-refractivity contribution in [2.75, 3.05) is 6.61 Å². The summed E-state index contributed by atoms with van der Waals surface area (Å²) < 4.78 is 6.95. The highest BCUT2D eigenvalue weighted by Crippen LogP contribution is 2.38. The normalized spacial score (nSPS) is 28.3. The molecule has 1 atom stereocenters. The highest BCUT2D eigenvalue weighted by molar-refractivity contribution is 9.10. The first-order chi connectivity index (χ1) is 9.55. The van der Waals surface area contributed by atoms with Crippen LogP contribution in [0.25, 0.3) is 0 Å². The average molecular weight is 342 g/mol. The summed E-state index contributed by atoms with van der Waals surface area (Å²) in [5, 5.41) is 10.7. The second-order valence-corrected chi connectivity index (χ2v) is 6.78. The summed E-state index contributed by atoms with van der Waals surface area (Å²) in [6, 6.07) is 3.92. The van der Waals surface area contributed by atoms with Gasteiger partial charge in [-0.25, -0.2) is 0 Å². The van der Waals surface area contributed by atoms with Gasteiger partial charge in [0.2, 0.25) is 0 Å². The molecule has 1 saturated carbocycles. The van der Waals surface area contributed by atoms with Crippen LogP contribution in [0.5, 0.6) is 0 Å². The number of hydrogen-bond donors (Lipinski definition) is 1. The second-order valence-electron chi connectivity index (χ2n) is 5.87. The maximum atomic E-state index is 10.7. The van der Waals surface area contributed by atoms with Crippen molar-refractivity contribution in [3.05, 3.63) is 28.5 Å². The predicted octanol–water partition coefficient (Wildman–Crippen LogP) is 3.73. The minimum absolute atomic E-state index is 0.379. The number of aliphatic hydroxyl groups excluding tert-OH is 1. The number of halogens is 1. The molecule has 1 aliphatic carbocycles. The van der Waals surface area contributed by atoms with E-state index in [1.165, 1.54) is 0 Å². The first-order valence-electron chi connectivity index (χ1n) is 7.48. The Balaban J connectivity index is 2.06. The summed E-state index contributed by atoms with van der Waals surface area (Å²) in [6.45, 7) is 4.93. The van der Waals surface area contributed by atoms with E-state index in [1.54, 1.807) is 6.20 Å². The predicted molar refractivity (Wildman–Crippen MR) is 83.6 cm³/mol. The topological polar surface area (TPSA) is 42.4 Å². The number of pyridine rings is 1. The average Bonchev–Trinajstić information content (AvgIpc) is 2.44. The maximum absolute atomic E-state index is 10.7. The molecule has 4 heteroatoms. The summed E-state index contributed by atoms with van der Waals surface area (Å²) >= 11 is 3.38. The number of rotatable bonds is 5. The lowest BCUT2D eigenvalue weighted by atomic mass is 9.75. The Morgan fingerprint density at radius 1 is 1.45 bits per heavy atom. The molecule has 2 rings (SSSR count). The lowest BCUT2D eigenvalue weighted by molar-refractivity contribution is -0.143. The van der Waals surface area contributed by atoms with Gasteiger partial charge in [0.15, 0.2) is 0 Å². The van der Waals surface area contributed by atoms with Crippen LogP contribution >= 0.6 is 15.9 Å². The van der Waals surface area contributed by atoms with Crippen LogP contribution in [0.15, 0.2) is 22.8 Å². The van der Waals surface area contributed by atoms with Crippen molar-refractivity contribution in [3.63, 3.8) is 0 Å². The molecule has 0 saturated heterocycles. The van der Waals surface area contributed by atoms with Crippen LogP contribution < -0.4 is 0 Å². The van der Waals surface area contributed by atoms with Crippen molar-refractivity contribution in [3.8, 4) is 0 Å². The van der Waals surface area contributed by atoms with Crippen molar-refractivity contribution < 1.29 is 9.84 Å². The Morgan fingerprint density at radius 3 is 2.70 bits per heavy atom. The van der Waals surface area contributed by atoms with Crippen LogP contribution in [-0.4, -0.2) is 28.4 Å². The van der Waals surface area contributed by atoms with Gasteiger partial charge in [0.05, 0.1) is 11.7 Å². The van der Waals surface area contributed by atoms with Crippen LogP contribution in [0, 0.1) is 5.92 Å². The molecular weight excluding hydrogens is 318 g/mol. The van der Waals surface area contributed by atoms with E-state index in [0.717, 1.165) is 41.8 Å². The molecular formula is C16H24BrNO2. The second kappa shape index (κ2) is 7.01. The summed E-state index contributed by atoms with van der Waals surface area (Å²) in [7, 11) is 0. The van der Waals surface area contributed by atoms with Crippen molar-refractivity contribution in [1.29, 1.82) is 0 Å². The summed E-state index contributed by atoms with van der Waals surface area (Å²) in [6.07, 6.45) is 6.00. The fourth-order valence-corrected chi connectivity index (χ4v) is 3.26. The maximum Gasteiger partial charge on any atom is 0.0944 e. The van der Waals surface area contributed by atoms with Gasteiger partial charge >= 0.3 is 0 Å². The highest BCUT2D eigenvalue weighted by Gasteiger charge is 2.41. The fourth-order valence-electron chi connectivity index (χ4n) is 3.02. The molecule has 1 aliphatic rings. The lowest BCUT2D eigenvalue weighted by Crippen LogP contribution is -2.48.